The maximum absolute atomic E-state index is 12.0. The van der Waals surface area contributed by atoms with Gasteiger partial charge in [-0.1, -0.05) is 6.07 Å². The number of hydrogen-bond acceptors (Lipinski definition) is 5. The average molecular weight is 343 g/mol. The minimum absolute atomic E-state index is 0.0967. The predicted molar refractivity (Wildman–Crippen MR) is 93.6 cm³/mol. The smallest absolute Gasteiger partial charge is 0.291 e. The topological polar surface area (TPSA) is 92.6 Å². The van der Waals surface area contributed by atoms with Crippen LogP contribution >= 0.6 is 0 Å². The van der Waals surface area contributed by atoms with Crippen molar-refractivity contribution in [2.75, 3.05) is 30.3 Å². The average Bonchev–Trinajstić information content (AvgIpc) is 3.32. The second-order valence-electron chi connectivity index (χ2n) is 5.80. The summed E-state index contributed by atoms with van der Waals surface area (Å²) < 4.78 is 10.5. The van der Waals surface area contributed by atoms with E-state index in [2.05, 4.69) is 16.0 Å². The molecule has 1 fully saturated rings. The summed E-state index contributed by atoms with van der Waals surface area (Å²) in [6.45, 7) is 1.47. The molecule has 0 radical (unpaired) electrons. The number of benzene rings is 1. The van der Waals surface area contributed by atoms with E-state index in [1.165, 1.54) is 6.26 Å². The summed E-state index contributed by atoms with van der Waals surface area (Å²) in [5, 5.41) is 8.64. The van der Waals surface area contributed by atoms with Crippen molar-refractivity contribution in [3.63, 3.8) is 0 Å². The van der Waals surface area contributed by atoms with Crippen LogP contribution in [0.5, 0.6) is 0 Å². The van der Waals surface area contributed by atoms with Gasteiger partial charge in [0, 0.05) is 24.5 Å². The van der Waals surface area contributed by atoms with Crippen LogP contribution in [0.4, 0.5) is 11.4 Å². The van der Waals surface area contributed by atoms with Crippen LogP contribution in [0.25, 0.3) is 0 Å². The summed E-state index contributed by atoms with van der Waals surface area (Å²) in [5.74, 6) is -0.177. The Hall–Kier alpha value is -2.80. The van der Waals surface area contributed by atoms with Gasteiger partial charge in [-0.05, 0) is 43.2 Å². The van der Waals surface area contributed by atoms with Crippen molar-refractivity contribution >= 4 is 23.2 Å². The monoisotopic (exact) mass is 343 g/mol. The zero-order valence-corrected chi connectivity index (χ0v) is 13.8. The second-order valence-corrected chi connectivity index (χ2v) is 5.80. The van der Waals surface area contributed by atoms with Crippen LogP contribution < -0.4 is 16.0 Å². The van der Waals surface area contributed by atoms with E-state index >= 15 is 0 Å². The van der Waals surface area contributed by atoms with Crippen molar-refractivity contribution in [1.29, 1.82) is 0 Å². The summed E-state index contributed by atoms with van der Waals surface area (Å²) >= 11 is 0. The Bertz CT molecular complexity index is 709. The molecule has 2 aromatic rings. The molecule has 0 saturated carbocycles. The number of amides is 2. The first-order valence-corrected chi connectivity index (χ1v) is 8.28. The number of hydrogen-bond donors (Lipinski definition) is 3. The van der Waals surface area contributed by atoms with Gasteiger partial charge in [0.15, 0.2) is 5.76 Å². The Morgan fingerprint density at radius 3 is 2.80 bits per heavy atom. The zero-order valence-electron chi connectivity index (χ0n) is 13.8. The lowest BCUT2D eigenvalue weighted by atomic mass is 10.2. The van der Waals surface area contributed by atoms with Gasteiger partial charge in [-0.2, -0.15) is 0 Å². The highest BCUT2D eigenvalue weighted by Crippen LogP contribution is 2.16. The molecular formula is C18H21N3O4. The zero-order chi connectivity index (χ0) is 17.5. The lowest BCUT2D eigenvalue weighted by molar-refractivity contribution is -0.119. The third-order valence-electron chi connectivity index (χ3n) is 3.87. The van der Waals surface area contributed by atoms with Crippen LogP contribution in [0.3, 0.4) is 0 Å². The SMILES string of the molecule is O=C(CNc1cccc(NC(=O)c2ccco2)c1)NCC1CCCO1. The predicted octanol–water partition coefficient (Wildman–Crippen LogP) is 2.24. The molecule has 2 heterocycles. The Labute approximate surface area is 145 Å². The molecular weight excluding hydrogens is 322 g/mol. The van der Waals surface area contributed by atoms with Crippen molar-refractivity contribution in [2.24, 2.45) is 0 Å². The van der Waals surface area contributed by atoms with E-state index in [0.29, 0.717) is 12.2 Å². The van der Waals surface area contributed by atoms with Gasteiger partial charge in [0.05, 0.1) is 18.9 Å². The van der Waals surface area contributed by atoms with E-state index in [0.717, 1.165) is 25.1 Å². The lowest BCUT2D eigenvalue weighted by Crippen LogP contribution is -2.35. The molecule has 0 spiro atoms. The van der Waals surface area contributed by atoms with Crippen molar-refractivity contribution in [3.05, 3.63) is 48.4 Å². The molecule has 132 valence electrons. The van der Waals surface area contributed by atoms with Crippen molar-refractivity contribution in [1.82, 2.24) is 5.32 Å². The second kappa shape index (κ2) is 8.34. The van der Waals surface area contributed by atoms with Crippen LogP contribution in [0.1, 0.15) is 23.4 Å². The third-order valence-corrected chi connectivity index (χ3v) is 3.87. The number of carbonyl (C=O) groups is 2. The Morgan fingerprint density at radius 1 is 1.16 bits per heavy atom. The highest BCUT2D eigenvalue weighted by Gasteiger charge is 2.16. The van der Waals surface area contributed by atoms with Crippen LogP contribution in [0, 0.1) is 0 Å². The Balaban J connectivity index is 1.46. The van der Waals surface area contributed by atoms with E-state index in [1.807, 2.05) is 6.07 Å². The van der Waals surface area contributed by atoms with Gasteiger partial charge in [0.2, 0.25) is 5.91 Å². The number of ether oxygens (including phenoxy) is 1. The number of rotatable bonds is 7. The van der Waals surface area contributed by atoms with Gasteiger partial charge in [-0.3, -0.25) is 9.59 Å². The van der Waals surface area contributed by atoms with Gasteiger partial charge in [-0.15, -0.1) is 0 Å². The fourth-order valence-electron chi connectivity index (χ4n) is 2.59. The molecule has 7 nitrogen and oxygen atoms in total. The molecule has 1 aliphatic heterocycles. The third kappa shape index (κ3) is 5.09. The molecule has 3 N–H and O–H groups in total. The van der Waals surface area contributed by atoms with Crippen molar-refractivity contribution in [2.45, 2.75) is 18.9 Å². The van der Waals surface area contributed by atoms with Gasteiger partial charge < -0.3 is 25.1 Å². The van der Waals surface area contributed by atoms with E-state index < -0.39 is 0 Å². The summed E-state index contributed by atoms with van der Waals surface area (Å²) in [6, 6.07) is 10.4. The van der Waals surface area contributed by atoms with E-state index in [1.54, 1.807) is 30.3 Å². The summed E-state index contributed by atoms with van der Waals surface area (Å²) in [4.78, 5) is 23.8. The molecule has 25 heavy (non-hydrogen) atoms. The maximum atomic E-state index is 12.0. The summed E-state index contributed by atoms with van der Waals surface area (Å²) in [5.41, 5.74) is 1.36. The standard InChI is InChI=1S/C18H21N3O4/c22-17(20-11-15-6-2-8-24-15)12-19-13-4-1-5-14(10-13)21-18(23)16-7-3-9-25-16/h1,3-5,7,9-10,15,19H,2,6,8,11-12H2,(H,20,22)(H,21,23). The molecule has 2 amide bonds. The first-order chi connectivity index (χ1) is 12.2. The Kier molecular flexibility index (Phi) is 5.69. The van der Waals surface area contributed by atoms with Gasteiger partial charge in [0.25, 0.3) is 5.91 Å². The summed E-state index contributed by atoms with van der Waals surface area (Å²) in [6.07, 6.45) is 3.62. The van der Waals surface area contributed by atoms with Crippen LogP contribution in [0.15, 0.2) is 47.1 Å². The molecule has 1 aromatic heterocycles. The largest absolute Gasteiger partial charge is 0.459 e. The minimum Gasteiger partial charge on any atom is -0.459 e. The highest BCUT2D eigenvalue weighted by molar-refractivity contribution is 6.02. The fraction of sp³-hybridized carbons (Fsp3) is 0.333. The van der Waals surface area contributed by atoms with Gasteiger partial charge in [-0.25, -0.2) is 0 Å². The van der Waals surface area contributed by atoms with Crippen LogP contribution in [-0.2, 0) is 9.53 Å². The Morgan fingerprint density at radius 2 is 2.04 bits per heavy atom. The maximum Gasteiger partial charge on any atom is 0.291 e. The number of anilines is 2. The molecule has 1 aromatic carbocycles. The molecule has 1 atom stereocenters. The molecule has 0 aliphatic carbocycles. The lowest BCUT2D eigenvalue weighted by Gasteiger charge is -2.12. The van der Waals surface area contributed by atoms with Gasteiger partial charge in [0.1, 0.15) is 0 Å². The van der Waals surface area contributed by atoms with Gasteiger partial charge >= 0.3 is 0 Å². The molecule has 1 aliphatic rings. The molecule has 0 bridgehead atoms. The van der Waals surface area contributed by atoms with E-state index in [-0.39, 0.29) is 30.2 Å². The molecule has 1 unspecified atom stereocenters. The van der Waals surface area contributed by atoms with E-state index in [9.17, 15) is 9.59 Å². The molecule has 1 saturated heterocycles. The minimum atomic E-state index is -0.323. The number of furan rings is 1. The first kappa shape index (κ1) is 17.0. The quantitative estimate of drug-likeness (QED) is 0.717. The molecule has 3 rings (SSSR count). The normalized spacial score (nSPS) is 16.4. The van der Waals surface area contributed by atoms with Crippen molar-refractivity contribution < 1.29 is 18.7 Å². The fourth-order valence-corrected chi connectivity index (χ4v) is 2.59. The van der Waals surface area contributed by atoms with E-state index in [4.69, 9.17) is 9.15 Å². The van der Waals surface area contributed by atoms with Crippen LogP contribution in [-0.4, -0.2) is 37.6 Å². The molecule has 7 heteroatoms. The summed E-state index contributed by atoms with van der Waals surface area (Å²) in [7, 11) is 0. The number of carbonyl (C=O) groups excluding carboxylic acids is 2. The number of nitrogens with one attached hydrogen (secondary N) is 3. The first-order valence-electron chi connectivity index (χ1n) is 8.28. The van der Waals surface area contributed by atoms with Crippen LogP contribution in [0.2, 0.25) is 0 Å². The van der Waals surface area contributed by atoms with Crippen molar-refractivity contribution in [3.8, 4) is 0 Å². The highest BCUT2D eigenvalue weighted by atomic mass is 16.5.